The Hall–Kier alpha value is -1.32. The number of ketones is 1. The van der Waals surface area contributed by atoms with Crippen LogP contribution in [0.25, 0.3) is 0 Å². The van der Waals surface area contributed by atoms with Gasteiger partial charge in [0.05, 0.1) is 6.61 Å². The Kier molecular flexibility index (Phi) is 4.34. The lowest BCUT2D eigenvalue weighted by atomic mass is 10.1. The molecule has 0 saturated carbocycles. The minimum Gasteiger partial charge on any atom is -0.473 e. The Morgan fingerprint density at radius 2 is 1.86 bits per heavy atom. The predicted molar refractivity (Wildman–Crippen MR) is 51.6 cm³/mol. The molecule has 0 aliphatic carbocycles. The van der Waals surface area contributed by atoms with Gasteiger partial charge in [0, 0.05) is 6.92 Å². The predicted octanol–water partition coefficient (Wildman–Crippen LogP) is 1.45. The molecule has 0 radical (unpaired) electrons. The molecule has 0 spiro atoms. The second-order valence-corrected chi connectivity index (χ2v) is 3.31. The van der Waals surface area contributed by atoms with Crippen molar-refractivity contribution < 1.29 is 19.1 Å². The molecule has 80 valence electrons. The normalized spacial score (nSPS) is 10.6. The molecule has 4 heteroatoms. The lowest BCUT2D eigenvalue weighted by Crippen LogP contribution is -2.37. The molecule has 14 heavy (non-hydrogen) atoms. The zero-order valence-electron chi connectivity index (χ0n) is 9.05. The number of ether oxygens (including phenoxy) is 2. The molecule has 0 heterocycles. The van der Waals surface area contributed by atoms with Crippen molar-refractivity contribution in [3.8, 4) is 0 Å². The number of rotatable bonds is 5. The molecule has 0 aromatic rings. The van der Waals surface area contributed by atoms with Crippen molar-refractivity contribution in [3.63, 3.8) is 0 Å². The van der Waals surface area contributed by atoms with Crippen LogP contribution in [0.3, 0.4) is 0 Å². The summed E-state index contributed by atoms with van der Waals surface area (Å²) in [7, 11) is 0. The van der Waals surface area contributed by atoms with Crippen molar-refractivity contribution in [1.82, 2.24) is 0 Å². The minimum absolute atomic E-state index is 0.0388. The van der Waals surface area contributed by atoms with E-state index in [1.165, 1.54) is 20.8 Å². The van der Waals surface area contributed by atoms with Gasteiger partial charge in [-0.1, -0.05) is 6.58 Å². The Bertz CT molecular complexity index is 253. The molecule has 0 unspecified atom stereocenters. The summed E-state index contributed by atoms with van der Waals surface area (Å²) < 4.78 is 9.87. The van der Waals surface area contributed by atoms with Crippen LogP contribution in [0.15, 0.2) is 12.3 Å². The van der Waals surface area contributed by atoms with Gasteiger partial charge in [0.2, 0.25) is 0 Å². The molecular formula is C10H16O4. The summed E-state index contributed by atoms with van der Waals surface area (Å²) in [6.07, 6.45) is 0. The van der Waals surface area contributed by atoms with E-state index in [-0.39, 0.29) is 18.1 Å². The molecule has 0 N–H and O–H groups in total. The fourth-order valence-corrected chi connectivity index (χ4v) is 0.726. The number of carbonyl (C=O) groups is 2. The Morgan fingerprint density at radius 1 is 1.36 bits per heavy atom. The monoisotopic (exact) mass is 200 g/mol. The average Bonchev–Trinajstić information content (AvgIpc) is 2.03. The van der Waals surface area contributed by atoms with Crippen molar-refractivity contribution in [2.24, 2.45) is 0 Å². The van der Waals surface area contributed by atoms with Crippen molar-refractivity contribution in [2.75, 3.05) is 6.61 Å². The van der Waals surface area contributed by atoms with Crippen LogP contribution in [0.2, 0.25) is 0 Å². The molecule has 0 amide bonds. The third-order valence-electron chi connectivity index (χ3n) is 1.54. The van der Waals surface area contributed by atoms with Gasteiger partial charge in [0.1, 0.15) is 0 Å². The third kappa shape index (κ3) is 3.60. The van der Waals surface area contributed by atoms with Gasteiger partial charge in [-0.25, -0.2) is 4.79 Å². The molecule has 0 aliphatic heterocycles. The summed E-state index contributed by atoms with van der Waals surface area (Å²) >= 11 is 0. The standard InChI is InChI=1S/C10H16O4/c1-6-13-9(12)10(4,5)14-8(3)7(2)11/h3,6H2,1-2,4-5H3. The van der Waals surface area contributed by atoms with Gasteiger partial charge in [-0.3, -0.25) is 4.79 Å². The van der Waals surface area contributed by atoms with Crippen LogP contribution in [0.5, 0.6) is 0 Å². The molecule has 4 nitrogen and oxygen atoms in total. The first-order valence-corrected chi connectivity index (χ1v) is 4.37. The smallest absolute Gasteiger partial charge is 0.349 e. The lowest BCUT2D eigenvalue weighted by molar-refractivity contribution is -0.163. The van der Waals surface area contributed by atoms with Crippen LogP contribution in [-0.2, 0) is 19.1 Å². The quantitative estimate of drug-likeness (QED) is 0.383. The minimum atomic E-state index is -1.17. The van der Waals surface area contributed by atoms with E-state index in [1.807, 2.05) is 0 Å². The van der Waals surface area contributed by atoms with Gasteiger partial charge in [-0.2, -0.15) is 0 Å². The van der Waals surface area contributed by atoms with Crippen LogP contribution in [0.4, 0.5) is 0 Å². The first-order chi connectivity index (χ1) is 6.31. The summed E-state index contributed by atoms with van der Waals surface area (Å²) in [5.41, 5.74) is -1.17. The van der Waals surface area contributed by atoms with Crippen LogP contribution < -0.4 is 0 Å². The molecule has 0 aliphatic rings. The first kappa shape index (κ1) is 12.7. The van der Waals surface area contributed by atoms with E-state index in [0.29, 0.717) is 0 Å². The van der Waals surface area contributed by atoms with Crippen LogP contribution in [0, 0.1) is 0 Å². The van der Waals surface area contributed by atoms with Crippen molar-refractivity contribution >= 4 is 11.8 Å². The maximum absolute atomic E-state index is 11.3. The number of carbonyl (C=O) groups excluding carboxylic acids is 2. The van der Waals surface area contributed by atoms with Gasteiger partial charge >= 0.3 is 5.97 Å². The summed E-state index contributed by atoms with van der Waals surface area (Å²) in [6, 6.07) is 0. The molecular weight excluding hydrogens is 184 g/mol. The molecule has 0 atom stereocenters. The van der Waals surface area contributed by atoms with E-state index in [0.717, 1.165) is 0 Å². The van der Waals surface area contributed by atoms with Crippen LogP contribution in [-0.4, -0.2) is 24.0 Å². The zero-order valence-corrected chi connectivity index (χ0v) is 9.05. The van der Waals surface area contributed by atoms with Gasteiger partial charge in [0.25, 0.3) is 0 Å². The maximum Gasteiger partial charge on any atom is 0.349 e. The number of hydrogen-bond donors (Lipinski definition) is 0. The second-order valence-electron chi connectivity index (χ2n) is 3.31. The number of Topliss-reactive ketones (excluding diaryl/α,β-unsaturated/α-hetero) is 1. The topological polar surface area (TPSA) is 52.6 Å². The molecule has 0 aromatic heterocycles. The van der Waals surface area contributed by atoms with Gasteiger partial charge in [-0.05, 0) is 20.8 Å². The molecule has 0 aromatic carbocycles. The second kappa shape index (κ2) is 4.79. The average molecular weight is 200 g/mol. The van der Waals surface area contributed by atoms with E-state index in [1.54, 1.807) is 6.92 Å². The number of esters is 1. The number of allylic oxidation sites excluding steroid dienone is 1. The molecule has 0 rings (SSSR count). The highest BCUT2D eigenvalue weighted by Crippen LogP contribution is 2.16. The Balaban J connectivity index is 4.40. The van der Waals surface area contributed by atoms with Crippen molar-refractivity contribution in [3.05, 3.63) is 12.3 Å². The van der Waals surface area contributed by atoms with Gasteiger partial charge < -0.3 is 9.47 Å². The largest absolute Gasteiger partial charge is 0.473 e. The maximum atomic E-state index is 11.3. The molecule has 0 bridgehead atoms. The molecule has 0 fully saturated rings. The number of hydrogen-bond acceptors (Lipinski definition) is 4. The summed E-state index contributed by atoms with van der Waals surface area (Å²) in [6.45, 7) is 9.76. The van der Waals surface area contributed by atoms with Gasteiger partial charge in [-0.15, -0.1) is 0 Å². The van der Waals surface area contributed by atoms with E-state index in [4.69, 9.17) is 9.47 Å². The van der Waals surface area contributed by atoms with E-state index in [2.05, 4.69) is 6.58 Å². The van der Waals surface area contributed by atoms with E-state index >= 15 is 0 Å². The fourth-order valence-electron chi connectivity index (χ4n) is 0.726. The molecule has 0 saturated heterocycles. The highest BCUT2D eigenvalue weighted by Gasteiger charge is 2.32. The summed E-state index contributed by atoms with van der Waals surface area (Å²) in [4.78, 5) is 22.1. The third-order valence-corrected chi connectivity index (χ3v) is 1.54. The van der Waals surface area contributed by atoms with Crippen LogP contribution in [0.1, 0.15) is 27.7 Å². The Morgan fingerprint density at radius 3 is 2.21 bits per heavy atom. The highest BCUT2D eigenvalue weighted by molar-refractivity contribution is 5.91. The van der Waals surface area contributed by atoms with E-state index in [9.17, 15) is 9.59 Å². The SMILES string of the molecule is C=C(OC(C)(C)C(=O)OCC)C(C)=O. The zero-order chi connectivity index (χ0) is 11.4. The lowest BCUT2D eigenvalue weighted by Gasteiger charge is -2.24. The van der Waals surface area contributed by atoms with E-state index < -0.39 is 11.6 Å². The highest BCUT2D eigenvalue weighted by atomic mass is 16.6. The fraction of sp³-hybridized carbons (Fsp3) is 0.600. The first-order valence-electron chi connectivity index (χ1n) is 4.37. The van der Waals surface area contributed by atoms with Gasteiger partial charge in [0.15, 0.2) is 17.1 Å². The Labute approximate surface area is 83.9 Å². The summed E-state index contributed by atoms with van der Waals surface area (Å²) in [5.74, 6) is -0.854. The summed E-state index contributed by atoms with van der Waals surface area (Å²) in [5, 5.41) is 0. The van der Waals surface area contributed by atoms with Crippen molar-refractivity contribution in [1.29, 1.82) is 0 Å². The van der Waals surface area contributed by atoms with Crippen LogP contribution >= 0.6 is 0 Å². The van der Waals surface area contributed by atoms with Crippen molar-refractivity contribution in [2.45, 2.75) is 33.3 Å².